The molecule has 1 aliphatic rings. The zero-order valence-corrected chi connectivity index (χ0v) is 13.1. The molecule has 0 spiro atoms. The molecule has 0 radical (unpaired) electrons. The van der Waals surface area contributed by atoms with Gasteiger partial charge in [-0.25, -0.2) is 0 Å². The lowest BCUT2D eigenvalue weighted by Crippen LogP contribution is -2.51. The monoisotopic (exact) mass is 279 g/mol. The smallest absolute Gasteiger partial charge is 0.235 e. The van der Waals surface area contributed by atoms with Crippen molar-refractivity contribution in [1.82, 2.24) is 10.2 Å². The number of nitrogens with two attached hydrogens (primary N) is 1. The Balaban J connectivity index is 2.56. The number of amides is 1. The van der Waals surface area contributed by atoms with Crippen LogP contribution in [0.2, 0.25) is 0 Å². The molecule has 0 heterocycles. The van der Waals surface area contributed by atoms with Crippen LogP contribution < -0.4 is 11.1 Å². The third-order valence-electron chi connectivity index (χ3n) is 4.74. The van der Waals surface area contributed by atoms with E-state index >= 15 is 0 Å². The summed E-state index contributed by atoms with van der Waals surface area (Å²) in [5.41, 5.74) is 5.31. The van der Waals surface area contributed by atoms with E-state index in [1.807, 2.05) is 20.9 Å². The van der Waals surface area contributed by atoms with Crippen molar-refractivity contribution in [1.29, 1.82) is 0 Å². The Morgan fingerprint density at radius 1 is 1.45 bits per heavy atom. The summed E-state index contributed by atoms with van der Waals surface area (Å²) < 4.78 is 0. The van der Waals surface area contributed by atoms with Crippen molar-refractivity contribution >= 4 is 5.91 Å². The molecule has 1 fully saturated rings. The van der Waals surface area contributed by atoms with Crippen LogP contribution in [0.25, 0.3) is 0 Å². The number of terminal acetylenes is 1. The molecular weight excluding hydrogens is 250 g/mol. The van der Waals surface area contributed by atoms with E-state index < -0.39 is 5.54 Å². The van der Waals surface area contributed by atoms with E-state index in [4.69, 9.17) is 12.2 Å². The van der Waals surface area contributed by atoms with Gasteiger partial charge in [0.05, 0.1) is 6.54 Å². The molecule has 1 saturated carbocycles. The predicted molar refractivity (Wildman–Crippen MR) is 83.1 cm³/mol. The Morgan fingerprint density at radius 2 is 2.10 bits per heavy atom. The molecular formula is C16H29N3O. The van der Waals surface area contributed by atoms with E-state index in [-0.39, 0.29) is 5.91 Å². The third-order valence-corrected chi connectivity index (χ3v) is 4.74. The Hall–Kier alpha value is -1.05. The summed E-state index contributed by atoms with van der Waals surface area (Å²) in [6.45, 7) is 5.11. The fraction of sp³-hybridized carbons (Fsp3) is 0.812. The Labute approximate surface area is 123 Å². The molecule has 2 unspecified atom stereocenters. The number of carbonyl (C=O) groups is 1. The lowest BCUT2D eigenvalue weighted by Gasteiger charge is -2.31. The molecule has 4 heteroatoms. The molecule has 0 bridgehead atoms. The molecule has 1 aliphatic carbocycles. The standard InChI is InChI=1S/C16H29N3O/c1-5-16(6-2,7-3)18-15(20)12-19(4)14-10-8-9-13(14)11-17/h1,13-14H,6-12,17H2,2-4H3,(H,18,20). The van der Waals surface area contributed by atoms with Crippen LogP contribution in [0.15, 0.2) is 0 Å². The largest absolute Gasteiger partial charge is 0.339 e. The number of hydrogen-bond donors (Lipinski definition) is 2. The van der Waals surface area contributed by atoms with Crippen molar-refractivity contribution in [3.8, 4) is 12.3 Å². The van der Waals surface area contributed by atoms with Gasteiger partial charge in [-0.1, -0.05) is 26.2 Å². The quantitative estimate of drug-likeness (QED) is 0.692. The van der Waals surface area contributed by atoms with Crippen molar-refractivity contribution < 1.29 is 4.79 Å². The number of nitrogens with zero attached hydrogens (tertiary/aromatic N) is 1. The highest BCUT2D eigenvalue weighted by atomic mass is 16.2. The fourth-order valence-electron chi connectivity index (χ4n) is 3.19. The average Bonchev–Trinajstić information content (AvgIpc) is 2.93. The SMILES string of the molecule is C#CC(CC)(CC)NC(=O)CN(C)C1CCCC1CN. The van der Waals surface area contributed by atoms with Gasteiger partial charge in [-0.15, -0.1) is 6.42 Å². The van der Waals surface area contributed by atoms with Crippen LogP contribution in [0.4, 0.5) is 0 Å². The molecule has 4 nitrogen and oxygen atoms in total. The first kappa shape index (κ1) is 17.0. The van der Waals surface area contributed by atoms with Gasteiger partial charge in [0.1, 0.15) is 5.54 Å². The van der Waals surface area contributed by atoms with E-state index in [0.717, 1.165) is 19.3 Å². The lowest BCUT2D eigenvalue weighted by molar-refractivity contribution is -0.124. The van der Waals surface area contributed by atoms with Crippen LogP contribution in [0.1, 0.15) is 46.0 Å². The molecule has 0 aromatic carbocycles. The minimum absolute atomic E-state index is 0.0109. The summed E-state index contributed by atoms with van der Waals surface area (Å²) >= 11 is 0. The van der Waals surface area contributed by atoms with E-state index in [1.165, 1.54) is 12.8 Å². The van der Waals surface area contributed by atoms with Gasteiger partial charge in [0.15, 0.2) is 0 Å². The topological polar surface area (TPSA) is 58.4 Å². The first-order valence-electron chi connectivity index (χ1n) is 7.71. The normalized spacial score (nSPS) is 22.8. The van der Waals surface area contributed by atoms with Gasteiger partial charge in [-0.3, -0.25) is 9.69 Å². The van der Waals surface area contributed by atoms with E-state index in [1.54, 1.807) is 0 Å². The van der Waals surface area contributed by atoms with Crippen LogP contribution >= 0.6 is 0 Å². The minimum Gasteiger partial charge on any atom is -0.339 e. The Bertz CT molecular complexity index is 357. The maximum Gasteiger partial charge on any atom is 0.235 e. The zero-order valence-electron chi connectivity index (χ0n) is 13.1. The van der Waals surface area contributed by atoms with Gasteiger partial charge >= 0.3 is 0 Å². The summed E-state index contributed by atoms with van der Waals surface area (Å²) in [6.07, 6.45) is 10.6. The molecule has 0 aromatic heterocycles. The summed E-state index contributed by atoms with van der Waals surface area (Å²) in [4.78, 5) is 14.3. The van der Waals surface area contributed by atoms with Gasteiger partial charge in [-0.2, -0.15) is 0 Å². The highest BCUT2D eigenvalue weighted by Crippen LogP contribution is 2.28. The molecule has 0 aromatic rings. The van der Waals surface area contributed by atoms with Gasteiger partial charge in [0.2, 0.25) is 5.91 Å². The lowest BCUT2D eigenvalue weighted by atomic mass is 9.94. The number of hydrogen-bond acceptors (Lipinski definition) is 3. The van der Waals surface area contributed by atoms with Gasteiger partial charge < -0.3 is 11.1 Å². The first-order valence-corrected chi connectivity index (χ1v) is 7.71. The first-order chi connectivity index (χ1) is 9.51. The molecule has 20 heavy (non-hydrogen) atoms. The molecule has 1 rings (SSSR count). The average molecular weight is 279 g/mol. The summed E-state index contributed by atoms with van der Waals surface area (Å²) in [5.74, 6) is 3.27. The summed E-state index contributed by atoms with van der Waals surface area (Å²) in [6, 6.07) is 0.425. The van der Waals surface area contributed by atoms with Gasteiger partial charge in [0, 0.05) is 6.04 Å². The van der Waals surface area contributed by atoms with Crippen molar-refractivity contribution in [3.63, 3.8) is 0 Å². The van der Waals surface area contributed by atoms with E-state index in [2.05, 4.69) is 16.1 Å². The third kappa shape index (κ3) is 3.97. The predicted octanol–water partition coefficient (Wildman–Crippen LogP) is 1.35. The van der Waals surface area contributed by atoms with Gasteiger partial charge in [0.25, 0.3) is 0 Å². The van der Waals surface area contributed by atoms with Crippen LogP contribution in [0, 0.1) is 18.3 Å². The molecule has 114 valence electrons. The highest BCUT2D eigenvalue weighted by molar-refractivity contribution is 5.79. The van der Waals surface area contributed by atoms with Crippen molar-refractivity contribution in [2.24, 2.45) is 11.7 Å². The second-order valence-corrected chi connectivity index (χ2v) is 5.89. The molecule has 2 atom stereocenters. The van der Waals surface area contributed by atoms with E-state index in [0.29, 0.717) is 25.0 Å². The van der Waals surface area contributed by atoms with Crippen molar-refractivity contribution in [2.45, 2.75) is 57.5 Å². The Kier molecular flexibility index (Phi) is 6.51. The van der Waals surface area contributed by atoms with Crippen LogP contribution in [-0.4, -0.2) is 42.5 Å². The molecule has 3 N–H and O–H groups in total. The maximum absolute atomic E-state index is 12.2. The number of rotatable bonds is 7. The zero-order chi connectivity index (χ0) is 15.2. The maximum atomic E-state index is 12.2. The van der Waals surface area contributed by atoms with E-state index in [9.17, 15) is 4.79 Å². The van der Waals surface area contributed by atoms with Crippen molar-refractivity contribution in [3.05, 3.63) is 0 Å². The summed E-state index contributed by atoms with van der Waals surface area (Å²) in [5, 5.41) is 3.02. The minimum atomic E-state index is -0.499. The number of likely N-dealkylation sites (N-methyl/N-ethyl adjacent to an activating group) is 1. The Morgan fingerprint density at radius 3 is 2.60 bits per heavy atom. The second-order valence-electron chi connectivity index (χ2n) is 5.89. The van der Waals surface area contributed by atoms with Gasteiger partial charge in [-0.05, 0) is 45.2 Å². The molecule has 1 amide bonds. The van der Waals surface area contributed by atoms with Crippen LogP contribution in [-0.2, 0) is 4.79 Å². The number of nitrogens with one attached hydrogen (secondary N) is 1. The molecule has 0 aliphatic heterocycles. The fourth-order valence-corrected chi connectivity index (χ4v) is 3.19. The highest BCUT2D eigenvalue weighted by Gasteiger charge is 2.31. The summed E-state index contributed by atoms with van der Waals surface area (Å²) in [7, 11) is 2.01. The van der Waals surface area contributed by atoms with Crippen molar-refractivity contribution in [2.75, 3.05) is 20.1 Å². The molecule has 0 saturated heterocycles. The number of carbonyl (C=O) groups excluding carboxylic acids is 1. The van der Waals surface area contributed by atoms with Crippen LogP contribution in [0.3, 0.4) is 0 Å². The second kappa shape index (κ2) is 7.66. The van der Waals surface area contributed by atoms with Crippen LogP contribution in [0.5, 0.6) is 0 Å².